The topological polar surface area (TPSA) is 43.0 Å². The first-order valence-electron chi connectivity index (χ1n) is 7.03. The highest BCUT2D eigenvalue weighted by molar-refractivity contribution is 5.18. The lowest BCUT2D eigenvalue weighted by atomic mass is 10.1. The summed E-state index contributed by atoms with van der Waals surface area (Å²) in [5, 5.41) is 8.15. The van der Waals surface area contributed by atoms with E-state index in [2.05, 4.69) is 35.0 Å². The summed E-state index contributed by atoms with van der Waals surface area (Å²) in [6, 6.07) is 4.50. The van der Waals surface area contributed by atoms with Gasteiger partial charge in [-0.3, -0.25) is 4.68 Å². The smallest absolute Gasteiger partial charge is 0.0935 e. The first-order chi connectivity index (χ1) is 9.24. The molecule has 0 saturated carbocycles. The Bertz CT molecular complexity index is 487. The van der Waals surface area contributed by atoms with Crippen molar-refractivity contribution in [1.29, 1.82) is 0 Å². The molecule has 1 atom stereocenters. The number of rotatable bonds is 7. The Morgan fingerprint density at radius 1 is 1.42 bits per heavy atom. The molecule has 19 heavy (non-hydrogen) atoms. The van der Waals surface area contributed by atoms with Gasteiger partial charge in [-0.15, -0.1) is 0 Å². The maximum Gasteiger partial charge on any atom is 0.0935 e. The van der Waals surface area contributed by atoms with Gasteiger partial charge in [-0.1, -0.05) is 6.92 Å². The summed E-state index contributed by atoms with van der Waals surface area (Å²) in [5.74, 6) is 0. The normalized spacial score (nSPS) is 12.8. The number of hydrogen-bond acceptors (Lipinski definition) is 3. The van der Waals surface area contributed by atoms with Crippen molar-refractivity contribution >= 4 is 0 Å². The average molecular weight is 261 g/mol. The van der Waals surface area contributed by atoms with Gasteiger partial charge in [0, 0.05) is 6.54 Å². The second kappa shape index (κ2) is 6.57. The van der Waals surface area contributed by atoms with Crippen molar-refractivity contribution in [2.45, 2.75) is 46.2 Å². The Balaban J connectivity index is 2.20. The van der Waals surface area contributed by atoms with E-state index in [1.54, 1.807) is 6.26 Å². The van der Waals surface area contributed by atoms with E-state index < -0.39 is 0 Å². The lowest BCUT2D eigenvalue weighted by molar-refractivity contribution is 0.475. The van der Waals surface area contributed by atoms with Gasteiger partial charge in [-0.2, -0.15) is 5.10 Å². The highest BCUT2D eigenvalue weighted by atomic mass is 16.3. The number of hydrogen-bond donors (Lipinski definition) is 1. The molecule has 1 unspecified atom stereocenters. The van der Waals surface area contributed by atoms with Gasteiger partial charge in [0.1, 0.15) is 0 Å². The van der Waals surface area contributed by atoms with Crippen LogP contribution in [0.15, 0.2) is 29.1 Å². The van der Waals surface area contributed by atoms with Crippen LogP contribution < -0.4 is 5.32 Å². The molecule has 2 aromatic rings. The quantitative estimate of drug-likeness (QED) is 0.833. The van der Waals surface area contributed by atoms with Crippen LogP contribution in [0.25, 0.3) is 0 Å². The molecule has 0 spiro atoms. The van der Waals surface area contributed by atoms with Crippen LogP contribution in [-0.2, 0) is 13.0 Å². The summed E-state index contributed by atoms with van der Waals surface area (Å²) in [5.41, 5.74) is 3.55. The highest BCUT2D eigenvalue weighted by Gasteiger charge is 2.17. The van der Waals surface area contributed by atoms with E-state index >= 15 is 0 Å². The Hall–Kier alpha value is -1.55. The van der Waals surface area contributed by atoms with Crippen molar-refractivity contribution in [3.8, 4) is 0 Å². The number of nitrogens with zero attached hydrogens (tertiary/aromatic N) is 2. The van der Waals surface area contributed by atoms with Crippen molar-refractivity contribution in [3.63, 3.8) is 0 Å². The molecule has 0 radical (unpaired) electrons. The standard InChI is InChI=1S/C15H23N3O/c1-4-7-16-14(10-13-6-8-19-11-13)15-9-12(3)17-18(15)5-2/h6,8-9,11,14,16H,4-5,7,10H2,1-3H3. The molecule has 0 aromatic carbocycles. The van der Waals surface area contributed by atoms with Gasteiger partial charge in [-0.25, -0.2) is 0 Å². The lowest BCUT2D eigenvalue weighted by Crippen LogP contribution is -2.26. The Labute approximate surface area is 114 Å². The SMILES string of the molecule is CCCNC(Cc1ccoc1)c1cc(C)nn1CC. The fourth-order valence-corrected chi connectivity index (χ4v) is 2.34. The van der Waals surface area contributed by atoms with E-state index in [1.807, 2.05) is 19.3 Å². The van der Waals surface area contributed by atoms with E-state index in [4.69, 9.17) is 4.42 Å². The molecule has 0 bridgehead atoms. The molecular weight excluding hydrogens is 238 g/mol. The minimum absolute atomic E-state index is 0.290. The summed E-state index contributed by atoms with van der Waals surface area (Å²) in [6.45, 7) is 8.27. The molecule has 2 rings (SSSR count). The Morgan fingerprint density at radius 2 is 2.26 bits per heavy atom. The number of aromatic nitrogens is 2. The van der Waals surface area contributed by atoms with Crippen molar-refractivity contribution < 1.29 is 4.42 Å². The van der Waals surface area contributed by atoms with Gasteiger partial charge in [0.05, 0.1) is 30.0 Å². The zero-order chi connectivity index (χ0) is 13.7. The van der Waals surface area contributed by atoms with Crippen LogP contribution in [0.4, 0.5) is 0 Å². The van der Waals surface area contributed by atoms with Crippen LogP contribution in [0.1, 0.15) is 43.3 Å². The molecule has 0 saturated heterocycles. The second-order valence-electron chi connectivity index (χ2n) is 4.87. The Morgan fingerprint density at radius 3 is 2.89 bits per heavy atom. The zero-order valence-electron chi connectivity index (χ0n) is 12.0. The monoisotopic (exact) mass is 261 g/mol. The predicted molar refractivity (Wildman–Crippen MR) is 76.1 cm³/mol. The molecule has 0 aliphatic rings. The maximum absolute atomic E-state index is 5.17. The van der Waals surface area contributed by atoms with Gasteiger partial charge < -0.3 is 9.73 Å². The van der Waals surface area contributed by atoms with Crippen LogP contribution in [0.3, 0.4) is 0 Å². The first kappa shape index (κ1) is 13.9. The first-order valence-corrected chi connectivity index (χ1v) is 7.03. The molecule has 0 aliphatic heterocycles. The van der Waals surface area contributed by atoms with Gasteiger partial charge in [-0.05, 0) is 50.9 Å². The molecular formula is C15H23N3O. The van der Waals surface area contributed by atoms with Crippen molar-refractivity contribution in [3.05, 3.63) is 41.6 Å². The molecule has 104 valence electrons. The van der Waals surface area contributed by atoms with Gasteiger partial charge in [0.15, 0.2) is 0 Å². The molecule has 0 fully saturated rings. The minimum Gasteiger partial charge on any atom is -0.472 e. The fraction of sp³-hybridized carbons (Fsp3) is 0.533. The zero-order valence-corrected chi connectivity index (χ0v) is 12.0. The average Bonchev–Trinajstić information content (AvgIpc) is 3.03. The third-order valence-corrected chi connectivity index (χ3v) is 3.25. The largest absolute Gasteiger partial charge is 0.472 e. The number of aryl methyl sites for hydroxylation is 2. The van der Waals surface area contributed by atoms with Crippen LogP contribution in [-0.4, -0.2) is 16.3 Å². The summed E-state index contributed by atoms with van der Waals surface area (Å²) >= 11 is 0. The van der Waals surface area contributed by atoms with Gasteiger partial charge >= 0.3 is 0 Å². The van der Waals surface area contributed by atoms with Gasteiger partial charge in [0.2, 0.25) is 0 Å². The van der Waals surface area contributed by atoms with E-state index in [-0.39, 0.29) is 0 Å². The minimum atomic E-state index is 0.290. The van der Waals surface area contributed by atoms with Crippen LogP contribution in [0.2, 0.25) is 0 Å². The summed E-state index contributed by atoms with van der Waals surface area (Å²) < 4.78 is 7.25. The summed E-state index contributed by atoms with van der Waals surface area (Å²) in [6.07, 6.45) is 5.61. The van der Waals surface area contributed by atoms with Crippen LogP contribution in [0, 0.1) is 6.92 Å². The highest BCUT2D eigenvalue weighted by Crippen LogP contribution is 2.20. The predicted octanol–water partition coefficient (Wildman–Crippen LogP) is 3.09. The van der Waals surface area contributed by atoms with Crippen LogP contribution in [0.5, 0.6) is 0 Å². The third kappa shape index (κ3) is 3.47. The molecule has 1 N–H and O–H groups in total. The van der Waals surface area contributed by atoms with Crippen LogP contribution >= 0.6 is 0 Å². The molecule has 2 heterocycles. The van der Waals surface area contributed by atoms with Crippen molar-refractivity contribution in [2.75, 3.05) is 6.54 Å². The molecule has 0 aliphatic carbocycles. The molecule has 4 nitrogen and oxygen atoms in total. The molecule has 4 heteroatoms. The van der Waals surface area contributed by atoms with E-state index in [1.165, 1.54) is 11.3 Å². The number of nitrogens with one attached hydrogen (secondary N) is 1. The summed E-state index contributed by atoms with van der Waals surface area (Å²) in [4.78, 5) is 0. The summed E-state index contributed by atoms with van der Waals surface area (Å²) in [7, 11) is 0. The lowest BCUT2D eigenvalue weighted by Gasteiger charge is -2.19. The van der Waals surface area contributed by atoms with Crippen molar-refractivity contribution in [2.24, 2.45) is 0 Å². The van der Waals surface area contributed by atoms with Gasteiger partial charge in [0.25, 0.3) is 0 Å². The number of furan rings is 1. The van der Waals surface area contributed by atoms with E-state index in [0.29, 0.717) is 6.04 Å². The molecule has 2 aromatic heterocycles. The van der Waals surface area contributed by atoms with E-state index in [0.717, 1.165) is 31.6 Å². The Kier molecular flexibility index (Phi) is 4.80. The van der Waals surface area contributed by atoms with E-state index in [9.17, 15) is 0 Å². The fourth-order valence-electron chi connectivity index (χ4n) is 2.34. The maximum atomic E-state index is 5.17. The second-order valence-corrected chi connectivity index (χ2v) is 4.87. The molecule has 0 amide bonds. The van der Waals surface area contributed by atoms with Crippen molar-refractivity contribution in [1.82, 2.24) is 15.1 Å². The third-order valence-electron chi connectivity index (χ3n) is 3.25.